The number of aromatic nitrogens is 2. The molecule has 1 amide bonds. The van der Waals surface area contributed by atoms with E-state index in [1.807, 2.05) is 0 Å². The predicted octanol–water partition coefficient (Wildman–Crippen LogP) is 2.48. The molecule has 0 aliphatic rings. The van der Waals surface area contributed by atoms with Crippen molar-refractivity contribution in [1.29, 1.82) is 0 Å². The summed E-state index contributed by atoms with van der Waals surface area (Å²) >= 11 is 6.62. The molecule has 0 aliphatic carbocycles. The second kappa shape index (κ2) is 8.97. The molecule has 0 fully saturated rings. The maximum Gasteiger partial charge on any atom is 0.268 e. The molecule has 0 saturated heterocycles. The molecular formula is C18H17ClF2N4O3S. The van der Waals surface area contributed by atoms with Gasteiger partial charge in [-0.15, -0.1) is 11.3 Å². The molecule has 7 nitrogen and oxygen atoms in total. The molecule has 1 aromatic carbocycles. The molecular weight excluding hydrogens is 426 g/mol. The summed E-state index contributed by atoms with van der Waals surface area (Å²) in [4.78, 5) is 20.1. The van der Waals surface area contributed by atoms with Gasteiger partial charge in [0, 0.05) is 17.8 Å². The summed E-state index contributed by atoms with van der Waals surface area (Å²) in [6, 6.07) is 4.44. The number of nitrogens with zero attached hydrogens (tertiary/aromatic N) is 1. The molecule has 0 spiro atoms. The Hall–Kier alpha value is -2.37. The summed E-state index contributed by atoms with van der Waals surface area (Å²) in [6.45, 7) is -0.588. The maximum atomic E-state index is 13.7. The zero-order valence-corrected chi connectivity index (χ0v) is 16.4. The van der Waals surface area contributed by atoms with Crippen molar-refractivity contribution < 1.29 is 23.8 Å². The van der Waals surface area contributed by atoms with Crippen molar-refractivity contribution in [3.05, 3.63) is 62.2 Å². The van der Waals surface area contributed by atoms with Crippen LogP contribution in [-0.2, 0) is 13.2 Å². The highest BCUT2D eigenvalue weighted by atomic mass is 35.5. The van der Waals surface area contributed by atoms with E-state index in [4.69, 9.17) is 17.3 Å². The summed E-state index contributed by atoms with van der Waals surface area (Å²) in [6.07, 6.45) is 0. The summed E-state index contributed by atoms with van der Waals surface area (Å²) in [5, 5.41) is 21.2. The smallest absolute Gasteiger partial charge is 0.268 e. The Bertz CT molecular complexity index is 996. The van der Waals surface area contributed by atoms with Crippen LogP contribution >= 0.6 is 22.9 Å². The minimum Gasteiger partial charge on any atom is -0.391 e. The van der Waals surface area contributed by atoms with Gasteiger partial charge in [0.25, 0.3) is 5.91 Å². The van der Waals surface area contributed by atoms with Crippen LogP contribution in [0.5, 0.6) is 0 Å². The van der Waals surface area contributed by atoms with Crippen molar-refractivity contribution in [2.24, 2.45) is 5.73 Å². The number of thiazole rings is 1. The van der Waals surface area contributed by atoms with E-state index in [2.05, 4.69) is 15.3 Å². The average Bonchev–Trinajstić information content (AvgIpc) is 3.36. The topological polar surface area (TPSA) is 124 Å². The molecule has 154 valence electrons. The van der Waals surface area contributed by atoms with Gasteiger partial charge in [-0.1, -0.05) is 11.6 Å². The van der Waals surface area contributed by atoms with Crippen LogP contribution in [0, 0.1) is 11.6 Å². The number of aliphatic hydroxyl groups is 2. The molecule has 11 heteroatoms. The van der Waals surface area contributed by atoms with Gasteiger partial charge in [-0.3, -0.25) is 4.79 Å². The summed E-state index contributed by atoms with van der Waals surface area (Å²) in [7, 11) is 0. The molecule has 3 rings (SSSR count). The summed E-state index contributed by atoms with van der Waals surface area (Å²) in [5.41, 5.74) is 6.74. The zero-order valence-electron chi connectivity index (χ0n) is 14.9. The second-order valence-electron chi connectivity index (χ2n) is 6.04. The van der Waals surface area contributed by atoms with E-state index in [9.17, 15) is 23.8 Å². The molecule has 29 heavy (non-hydrogen) atoms. The highest BCUT2D eigenvalue weighted by Crippen LogP contribution is 2.27. The lowest BCUT2D eigenvalue weighted by molar-refractivity contribution is 0.0933. The Morgan fingerprint density at radius 2 is 1.97 bits per heavy atom. The number of H-pyrrole nitrogens is 1. The molecule has 6 N–H and O–H groups in total. The third kappa shape index (κ3) is 4.46. The largest absolute Gasteiger partial charge is 0.391 e. The van der Waals surface area contributed by atoms with Crippen LogP contribution in [0.2, 0.25) is 5.02 Å². The van der Waals surface area contributed by atoms with Gasteiger partial charge in [0.05, 0.1) is 29.8 Å². The number of benzene rings is 1. The number of hydrogen-bond donors (Lipinski definition) is 5. The zero-order chi connectivity index (χ0) is 21.1. The van der Waals surface area contributed by atoms with E-state index in [0.29, 0.717) is 21.3 Å². The fourth-order valence-electron chi connectivity index (χ4n) is 2.66. The number of halogens is 3. The Kier molecular flexibility index (Phi) is 6.60. The quantitative estimate of drug-likeness (QED) is 0.359. The Labute approximate surface area is 173 Å². The Balaban J connectivity index is 1.80. The summed E-state index contributed by atoms with van der Waals surface area (Å²) < 4.78 is 27.3. The van der Waals surface area contributed by atoms with Crippen molar-refractivity contribution in [2.45, 2.75) is 19.3 Å². The third-order valence-electron chi connectivity index (χ3n) is 4.15. The number of carbonyl (C=O) groups is 1. The van der Waals surface area contributed by atoms with Crippen molar-refractivity contribution in [3.8, 4) is 11.3 Å². The lowest BCUT2D eigenvalue weighted by atomic mass is 10.1. The van der Waals surface area contributed by atoms with Crippen LogP contribution < -0.4 is 11.1 Å². The lowest BCUT2D eigenvalue weighted by Gasteiger charge is -2.13. The highest BCUT2D eigenvalue weighted by molar-refractivity contribution is 7.11. The van der Waals surface area contributed by atoms with Crippen molar-refractivity contribution in [2.75, 3.05) is 6.54 Å². The van der Waals surface area contributed by atoms with Crippen molar-refractivity contribution in [3.63, 3.8) is 0 Å². The number of nitrogens with one attached hydrogen (secondary N) is 2. The van der Waals surface area contributed by atoms with Crippen molar-refractivity contribution >= 4 is 28.8 Å². The molecule has 2 aromatic heterocycles. The third-order valence-corrected chi connectivity index (χ3v) is 5.71. The first kappa shape index (κ1) is 21.3. The molecule has 1 atom stereocenters. The number of hydrogen-bond acceptors (Lipinski definition) is 6. The highest BCUT2D eigenvalue weighted by Gasteiger charge is 2.21. The van der Waals surface area contributed by atoms with E-state index < -0.39 is 28.6 Å². The minimum atomic E-state index is -0.909. The number of aliphatic hydroxyl groups excluding tert-OH is 2. The van der Waals surface area contributed by atoms with Gasteiger partial charge in [-0.05, 0) is 24.3 Å². The lowest BCUT2D eigenvalue weighted by Crippen LogP contribution is -2.33. The first-order chi connectivity index (χ1) is 13.9. The molecule has 0 unspecified atom stereocenters. The number of carbonyl (C=O) groups excluding carboxylic acids is 1. The maximum absolute atomic E-state index is 13.7. The van der Waals surface area contributed by atoms with Gasteiger partial charge >= 0.3 is 0 Å². The Morgan fingerprint density at radius 1 is 1.28 bits per heavy atom. The average molecular weight is 443 g/mol. The molecule has 0 aliphatic heterocycles. The van der Waals surface area contributed by atoms with Gasteiger partial charge in [0.1, 0.15) is 27.4 Å². The predicted molar refractivity (Wildman–Crippen MR) is 104 cm³/mol. The van der Waals surface area contributed by atoms with Crippen LogP contribution in [0.4, 0.5) is 8.78 Å². The van der Waals surface area contributed by atoms with Crippen LogP contribution in [0.3, 0.4) is 0 Å². The van der Waals surface area contributed by atoms with Crippen LogP contribution in [-0.4, -0.2) is 32.6 Å². The Morgan fingerprint density at radius 3 is 2.52 bits per heavy atom. The number of aromatic amines is 1. The first-order valence-corrected chi connectivity index (χ1v) is 9.62. The van der Waals surface area contributed by atoms with Gasteiger partial charge in [0.2, 0.25) is 0 Å². The molecule has 0 saturated carbocycles. The summed E-state index contributed by atoms with van der Waals surface area (Å²) in [5.74, 6) is -2.32. The van der Waals surface area contributed by atoms with Crippen molar-refractivity contribution in [1.82, 2.24) is 15.3 Å². The monoisotopic (exact) mass is 442 g/mol. The van der Waals surface area contributed by atoms with Gasteiger partial charge in [-0.25, -0.2) is 13.8 Å². The van der Waals surface area contributed by atoms with Gasteiger partial charge in [0.15, 0.2) is 0 Å². The first-order valence-electron chi connectivity index (χ1n) is 8.43. The number of rotatable bonds is 7. The van der Waals surface area contributed by atoms with E-state index in [0.717, 1.165) is 23.5 Å². The minimum absolute atomic E-state index is 0.0379. The normalized spacial score (nSPS) is 12.2. The van der Waals surface area contributed by atoms with Crippen LogP contribution in [0.15, 0.2) is 24.3 Å². The van der Waals surface area contributed by atoms with E-state index >= 15 is 0 Å². The fraction of sp³-hybridized carbons (Fsp3) is 0.222. The van der Waals surface area contributed by atoms with Crippen LogP contribution in [0.1, 0.15) is 32.1 Å². The van der Waals surface area contributed by atoms with E-state index in [-0.39, 0.29) is 31.0 Å². The number of nitrogens with two attached hydrogens (primary N) is 1. The fourth-order valence-corrected chi connectivity index (χ4v) is 3.77. The van der Waals surface area contributed by atoms with E-state index in [1.165, 1.54) is 12.1 Å². The number of amides is 1. The van der Waals surface area contributed by atoms with E-state index in [1.54, 1.807) is 0 Å². The molecule has 3 aromatic rings. The molecule has 0 bridgehead atoms. The van der Waals surface area contributed by atoms with Crippen LogP contribution in [0.25, 0.3) is 11.3 Å². The molecule has 2 heterocycles. The second-order valence-corrected chi connectivity index (χ2v) is 7.53. The standard InChI is InChI=1S/C18H17ClF2N4O3S/c19-16-9(20)3-8(4-10(16)21)11-1-2-12(23-11)17(28)24-13(5-22)18-25-14(6-26)15(7-27)29-18/h1-4,13,23,26-27H,5-7,22H2,(H,24,28)/t13-/m1/s1. The van der Waals surface area contributed by atoms with Gasteiger partial charge < -0.3 is 26.2 Å². The SMILES string of the molecule is NC[C@@H](NC(=O)c1ccc(-c2cc(F)c(Cl)c(F)c2)[nH]1)c1nc(CO)c(CO)s1. The molecule has 0 radical (unpaired) electrons. The van der Waals surface area contributed by atoms with Gasteiger partial charge in [-0.2, -0.15) is 0 Å².